The Morgan fingerprint density at radius 2 is 2.00 bits per heavy atom. The van der Waals surface area contributed by atoms with Crippen molar-refractivity contribution in [1.29, 1.82) is 0 Å². The molecule has 0 radical (unpaired) electrons. The zero-order valence-corrected chi connectivity index (χ0v) is 19.9. The predicted octanol–water partition coefficient (Wildman–Crippen LogP) is 3.32. The van der Waals surface area contributed by atoms with E-state index in [1.807, 2.05) is 39.0 Å². The number of likely N-dealkylation sites (tertiary alicyclic amines) is 1. The molecule has 162 valence electrons. The third-order valence-electron chi connectivity index (χ3n) is 5.47. The van der Waals surface area contributed by atoms with Gasteiger partial charge in [-0.2, -0.15) is 0 Å². The molecule has 2 fully saturated rings. The second-order valence-corrected chi connectivity index (χ2v) is 11.7. The monoisotopic (exact) mass is 488 g/mol. The molecule has 0 aromatic heterocycles. The number of benzene rings is 1. The van der Waals surface area contributed by atoms with E-state index in [-0.39, 0.29) is 17.5 Å². The van der Waals surface area contributed by atoms with E-state index in [1.54, 1.807) is 12.0 Å². The molecule has 1 spiro atoms. The second-order valence-electron chi connectivity index (χ2n) is 9.04. The molecule has 7 nitrogen and oxygen atoms in total. The van der Waals surface area contributed by atoms with Gasteiger partial charge in [0.25, 0.3) is 0 Å². The fourth-order valence-electron chi connectivity index (χ4n) is 4.12. The van der Waals surface area contributed by atoms with Crippen LogP contribution in [0.15, 0.2) is 22.7 Å². The standard InChI is InChI=1S/C20H29BrN2O5S/c1-19(2,3)28-18(24)23-12-20(9-10-20)17(22-29(5,25)26)15(23)11-13-7-6-8-14(21)16(13)27-4/h6-8,15,17,22H,9-12H2,1-5H3. The normalized spacial score (nSPS) is 23.3. The molecule has 0 bridgehead atoms. The minimum atomic E-state index is -3.44. The van der Waals surface area contributed by atoms with E-state index in [1.165, 1.54) is 0 Å². The number of halogens is 1. The fraction of sp³-hybridized carbons (Fsp3) is 0.650. The van der Waals surface area contributed by atoms with Crippen molar-refractivity contribution in [1.82, 2.24) is 9.62 Å². The van der Waals surface area contributed by atoms with Crippen LogP contribution in [-0.4, -0.2) is 57.0 Å². The van der Waals surface area contributed by atoms with Gasteiger partial charge in [-0.15, -0.1) is 0 Å². The van der Waals surface area contributed by atoms with Gasteiger partial charge >= 0.3 is 6.09 Å². The Kier molecular flexibility index (Phi) is 5.97. The topological polar surface area (TPSA) is 84.9 Å². The van der Waals surface area contributed by atoms with Crippen LogP contribution in [0.25, 0.3) is 0 Å². The van der Waals surface area contributed by atoms with E-state index in [2.05, 4.69) is 20.7 Å². The minimum Gasteiger partial charge on any atom is -0.495 e. The lowest BCUT2D eigenvalue weighted by atomic mass is 9.92. The van der Waals surface area contributed by atoms with Crippen molar-refractivity contribution in [3.63, 3.8) is 0 Å². The minimum absolute atomic E-state index is 0.232. The van der Waals surface area contributed by atoms with E-state index < -0.39 is 21.7 Å². The van der Waals surface area contributed by atoms with E-state index in [9.17, 15) is 13.2 Å². The zero-order chi connectivity index (χ0) is 21.6. The number of amides is 1. The van der Waals surface area contributed by atoms with Gasteiger partial charge in [-0.3, -0.25) is 0 Å². The number of para-hydroxylation sites is 1. The number of rotatable bonds is 5. The van der Waals surface area contributed by atoms with Gasteiger partial charge in [0.05, 0.1) is 23.9 Å². The van der Waals surface area contributed by atoms with Crippen LogP contribution < -0.4 is 9.46 Å². The number of hydrogen-bond acceptors (Lipinski definition) is 5. The van der Waals surface area contributed by atoms with Crippen molar-refractivity contribution in [3.05, 3.63) is 28.2 Å². The Bertz CT molecular complexity index is 893. The number of methoxy groups -OCH3 is 1. The summed E-state index contributed by atoms with van der Waals surface area (Å²) in [6, 6.07) is 4.99. The summed E-state index contributed by atoms with van der Waals surface area (Å²) in [6.45, 7) is 5.96. The highest BCUT2D eigenvalue weighted by Crippen LogP contribution is 2.56. The highest BCUT2D eigenvalue weighted by Gasteiger charge is 2.61. The van der Waals surface area contributed by atoms with Gasteiger partial charge in [0.15, 0.2) is 0 Å². The van der Waals surface area contributed by atoms with Crippen molar-refractivity contribution < 1.29 is 22.7 Å². The van der Waals surface area contributed by atoms with Gasteiger partial charge in [-0.25, -0.2) is 17.9 Å². The number of nitrogens with one attached hydrogen (secondary N) is 1. The number of sulfonamides is 1. The molecule has 1 aromatic rings. The highest BCUT2D eigenvalue weighted by molar-refractivity contribution is 9.10. The summed E-state index contributed by atoms with van der Waals surface area (Å²) in [6.07, 6.45) is 2.96. The van der Waals surface area contributed by atoms with Crippen LogP contribution >= 0.6 is 15.9 Å². The Morgan fingerprint density at radius 3 is 2.52 bits per heavy atom. The lowest BCUT2D eigenvalue weighted by Gasteiger charge is -2.31. The molecule has 1 saturated carbocycles. The third kappa shape index (κ3) is 5.06. The molecular formula is C20H29BrN2O5S. The fourth-order valence-corrected chi connectivity index (χ4v) is 5.56. The van der Waals surface area contributed by atoms with Crippen molar-refractivity contribution >= 4 is 32.0 Å². The first kappa shape index (κ1) is 22.4. The van der Waals surface area contributed by atoms with Gasteiger partial charge in [-0.05, 0) is 67.6 Å². The zero-order valence-electron chi connectivity index (χ0n) is 17.5. The maximum atomic E-state index is 13.0. The Balaban J connectivity index is 1.98. The summed E-state index contributed by atoms with van der Waals surface area (Å²) in [5.41, 5.74) is 0.0383. The molecule has 2 aliphatic rings. The molecule has 1 heterocycles. The maximum Gasteiger partial charge on any atom is 0.410 e. The molecule has 2 unspecified atom stereocenters. The van der Waals surface area contributed by atoms with Crippen LogP contribution in [0.3, 0.4) is 0 Å². The predicted molar refractivity (Wildman–Crippen MR) is 115 cm³/mol. The molecule has 1 saturated heterocycles. The average Bonchev–Trinajstić information content (AvgIpc) is 3.28. The lowest BCUT2D eigenvalue weighted by Crippen LogP contribution is -2.50. The van der Waals surface area contributed by atoms with Gasteiger partial charge in [-0.1, -0.05) is 12.1 Å². The quantitative estimate of drug-likeness (QED) is 0.686. The highest BCUT2D eigenvalue weighted by atomic mass is 79.9. The number of nitrogens with zero attached hydrogens (tertiary/aromatic N) is 1. The summed E-state index contributed by atoms with van der Waals surface area (Å²) in [5, 5.41) is 0. The molecular weight excluding hydrogens is 460 g/mol. The molecule has 9 heteroatoms. The summed E-state index contributed by atoms with van der Waals surface area (Å²) >= 11 is 3.50. The van der Waals surface area contributed by atoms with Gasteiger partial charge < -0.3 is 14.4 Å². The smallest absolute Gasteiger partial charge is 0.410 e. The van der Waals surface area contributed by atoms with Crippen LogP contribution in [-0.2, 0) is 21.2 Å². The van der Waals surface area contributed by atoms with Crippen LogP contribution in [0.4, 0.5) is 4.79 Å². The number of ether oxygens (including phenoxy) is 2. The second kappa shape index (κ2) is 7.74. The Hall–Kier alpha value is -1.32. The third-order valence-corrected chi connectivity index (χ3v) is 6.78. The molecule has 1 aliphatic heterocycles. The van der Waals surface area contributed by atoms with Crippen molar-refractivity contribution in [2.45, 2.75) is 57.7 Å². The first-order valence-electron chi connectivity index (χ1n) is 9.63. The van der Waals surface area contributed by atoms with Gasteiger partial charge in [0.1, 0.15) is 11.4 Å². The van der Waals surface area contributed by atoms with Crippen molar-refractivity contribution in [2.24, 2.45) is 5.41 Å². The number of hydrogen-bond donors (Lipinski definition) is 1. The Morgan fingerprint density at radius 1 is 1.34 bits per heavy atom. The van der Waals surface area contributed by atoms with Gasteiger partial charge in [0.2, 0.25) is 10.0 Å². The summed E-state index contributed by atoms with van der Waals surface area (Å²) < 4.78 is 39.0. The Labute approximate surface area is 181 Å². The molecule has 29 heavy (non-hydrogen) atoms. The number of carbonyl (C=O) groups excluding carboxylic acids is 1. The van der Waals surface area contributed by atoms with Crippen LogP contribution in [0, 0.1) is 5.41 Å². The molecule has 1 aromatic carbocycles. The summed E-state index contributed by atoms with van der Waals surface area (Å²) in [4.78, 5) is 14.7. The average molecular weight is 489 g/mol. The van der Waals surface area contributed by atoms with E-state index in [0.29, 0.717) is 18.7 Å². The molecule has 2 atom stereocenters. The summed E-state index contributed by atoms with van der Waals surface area (Å²) in [5.74, 6) is 0.687. The maximum absolute atomic E-state index is 13.0. The van der Waals surface area contributed by atoms with E-state index >= 15 is 0 Å². The molecule has 3 rings (SSSR count). The van der Waals surface area contributed by atoms with E-state index in [4.69, 9.17) is 9.47 Å². The first-order chi connectivity index (χ1) is 13.4. The largest absolute Gasteiger partial charge is 0.495 e. The SMILES string of the molecule is COc1c(Br)cccc1CC1C(NS(C)(=O)=O)C2(CC2)CN1C(=O)OC(C)(C)C. The molecule has 1 amide bonds. The summed E-state index contributed by atoms with van der Waals surface area (Å²) in [7, 11) is -1.85. The molecule has 1 aliphatic carbocycles. The molecule has 1 N–H and O–H groups in total. The van der Waals surface area contributed by atoms with Crippen molar-refractivity contribution in [3.8, 4) is 5.75 Å². The first-order valence-corrected chi connectivity index (χ1v) is 12.3. The van der Waals surface area contributed by atoms with Gasteiger partial charge in [0, 0.05) is 18.0 Å². The van der Waals surface area contributed by atoms with E-state index in [0.717, 1.165) is 29.1 Å². The van der Waals surface area contributed by atoms with Crippen LogP contribution in [0.5, 0.6) is 5.75 Å². The van der Waals surface area contributed by atoms with Crippen LogP contribution in [0.1, 0.15) is 39.2 Å². The number of carbonyl (C=O) groups is 1. The van der Waals surface area contributed by atoms with Crippen LogP contribution in [0.2, 0.25) is 0 Å². The lowest BCUT2D eigenvalue weighted by molar-refractivity contribution is 0.0213. The van der Waals surface area contributed by atoms with Crippen molar-refractivity contribution in [2.75, 3.05) is 19.9 Å².